The van der Waals surface area contributed by atoms with Crippen LogP contribution >= 0.6 is 11.6 Å². The van der Waals surface area contributed by atoms with Gasteiger partial charge in [0.05, 0.1) is 22.7 Å². The van der Waals surface area contributed by atoms with E-state index in [4.69, 9.17) is 16.3 Å². The molecule has 8 nitrogen and oxygen atoms in total. The number of nitrogens with one attached hydrogen (secondary N) is 1. The zero-order valence-electron chi connectivity index (χ0n) is 23.6. The molecule has 40 heavy (non-hydrogen) atoms. The van der Waals surface area contributed by atoms with Crippen LogP contribution in [0.4, 0.5) is 5.69 Å². The standard InChI is InChI=1S/C30H36ClN3O5S/c1-21-12-14-23(15-13-21)19-33(22(2)29(36)32-30(3,4)5)28(35)20-34(24-16-17-27(39-6)26(31)18-24)40(37,38)25-10-8-7-9-11-25/h7-18,22H,19-20H2,1-6H3,(H,32,36)/t22-/m0/s1. The Balaban J connectivity index is 2.06. The van der Waals surface area contributed by atoms with Crippen molar-refractivity contribution in [2.75, 3.05) is 18.0 Å². The summed E-state index contributed by atoms with van der Waals surface area (Å²) in [5.74, 6) is -0.538. The quantitative estimate of drug-likeness (QED) is 0.353. The topological polar surface area (TPSA) is 96.0 Å². The van der Waals surface area contributed by atoms with Crippen LogP contribution in [-0.4, -0.2) is 50.4 Å². The minimum Gasteiger partial charge on any atom is -0.495 e. The number of hydrogen-bond acceptors (Lipinski definition) is 5. The second kappa shape index (κ2) is 12.7. The van der Waals surface area contributed by atoms with Gasteiger partial charge in [-0.25, -0.2) is 8.42 Å². The Hall–Kier alpha value is -3.56. The summed E-state index contributed by atoms with van der Waals surface area (Å²) in [5.41, 5.74) is 1.52. The molecule has 0 aliphatic heterocycles. The maximum Gasteiger partial charge on any atom is 0.264 e. The van der Waals surface area contributed by atoms with Gasteiger partial charge in [-0.1, -0.05) is 59.6 Å². The SMILES string of the molecule is COc1ccc(N(CC(=O)N(Cc2ccc(C)cc2)[C@@H](C)C(=O)NC(C)(C)C)S(=O)(=O)c2ccccc2)cc1Cl. The summed E-state index contributed by atoms with van der Waals surface area (Å²) in [6.07, 6.45) is 0. The van der Waals surface area contributed by atoms with E-state index in [1.54, 1.807) is 31.2 Å². The number of rotatable bonds is 10. The summed E-state index contributed by atoms with van der Waals surface area (Å²) >= 11 is 6.35. The number of sulfonamides is 1. The lowest BCUT2D eigenvalue weighted by Crippen LogP contribution is -2.54. The zero-order valence-corrected chi connectivity index (χ0v) is 25.2. The number of benzene rings is 3. The average molecular weight is 586 g/mol. The molecule has 2 amide bonds. The van der Waals surface area contributed by atoms with Crippen LogP contribution < -0.4 is 14.4 Å². The van der Waals surface area contributed by atoms with Gasteiger partial charge in [0, 0.05) is 12.1 Å². The summed E-state index contributed by atoms with van der Waals surface area (Å²) in [5, 5.41) is 3.10. The molecular formula is C30H36ClN3O5S. The molecule has 214 valence electrons. The normalized spacial score (nSPS) is 12.4. The lowest BCUT2D eigenvalue weighted by atomic mass is 10.1. The number of nitrogens with zero attached hydrogens (tertiary/aromatic N) is 2. The fourth-order valence-corrected chi connectivity index (χ4v) is 5.68. The Morgan fingerprint density at radius 1 is 1.00 bits per heavy atom. The lowest BCUT2D eigenvalue weighted by Gasteiger charge is -2.33. The Labute approximate surface area is 241 Å². The van der Waals surface area contributed by atoms with Gasteiger partial charge in [0.2, 0.25) is 11.8 Å². The first-order valence-electron chi connectivity index (χ1n) is 12.8. The zero-order chi connectivity index (χ0) is 29.7. The van der Waals surface area contributed by atoms with Crippen LogP contribution in [0.1, 0.15) is 38.8 Å². The van der Waals surface area contributed by atoms with E-state index in [9.17, 15) is 18.0 Å². The monoisotopic (exact) mass is 585 g/mol. The molecule has 3 aromatic carbocycles. The predicted octanol–water partition coefficient (Wildman–Crippen LogP) is 5.18. The molecule has 3 rings (SSSR count). The molecular weight excluding hydrogens is 550 g/mol. The van der Waals surface area contributed by atoms with Crippen LogP contribution in [0.5, 0.6) is 5.75 Å². The molecule has 0 unspecified atom stereocenters. The maximum atomic E-state index is 14.0. The molecule has 0 aliphatic rings. The van der Waals surface area contributed by atoms with Gasteiger partial charge in [-0.2, -0.15) is 0 Å². The van der Waals surface area contributed by atoms with Gasteiger partial charge in [-0.05, 0) is 70.5 Å². The van der Waals surface area contributed by atoms with Gasteiger partial charge in [-0.15, -0.1) is 0 Å². The number of ether oxygens (including phenoxy) is 1. The molecule has 0 heterocycles. The number of carbonyl (C=O) groups is 2. The van der Waals surface area contributed by atoms with Crippen LogP contribution in [-0.2, 0) is 26.2 Å². The van der Waals surface area contributed by atoms with Crippen molar-refractivity contribution in [3.63, 3.8) is 0 Å². The van der Waals surface area contributed by atoms with Gasteiger partial charge in [0.1, 0.15) is 18.3 Å². The van der Waals surface area contributed by atoms with Crippen molar-refractivity contribution in [2.45, 2.75) is 57.6 Å². The first-order valence-corrected chi connectivity index (χ1v) is 14.6. The van der Waals surface area contributed by atoms with Crippen molar-refractivity contribution >= 4 is 39.1 Å². The van der Waals surface area contributed by atoms with Crippen molar-refractivity contribution in [1.82, 2.24) is 10.2 Å². The van der Waals surface area contributed by atoms with Crippen molar-refractivity contribution in [1.29, 1.82) is 0 Å². The van der Waals surface area contributed by atoms with Gasteiger partial charge in [-0.3, -0.25) is 13.9 Å². The maximum absolute atomic E-state index is 14.0. The number of methoxy groups -OCH3 is 1. The summed E-state index contributed by atoms with van der Waals surface area (Å²) in [4.78, 5) is 28.6. The van der Waals surface area contributed by atoms with Gasteiger partial charge < -0.3 is 15.0 Å². The van der Waals surface area contributed by atoms with Crippen molar-refractivity contribution in [3.8, 4) is 5.75 Å². The Bertz CT molecular complexity index is 1440. The van der Waals surface area contributed by atoms with Crippen molar-refractivity contribution in [3.05, 3.63) is 88.9 Å². The Morgan fingerprint density at radius 2 is 1.62 bits per heavy atom. The summed E-state index contributed by atoms with van der Waals surface area (Å²) in [6, 6.07) is 19.1. The minimum atomic E-state index is -4.19. The number of halogens is 1. The highest BCUT2D eigenvalue weighted by atomic mass is 35.5. The highest BCUT2D eigenvalue weighted by Gasteiger charge is 2.33. The molecule has 3 aromatic rings. The van der Waals surface area contributed by atoms with Crippen molar-refractivity contribution < 1.29 is 22.7 Å². The highest BCUT2D eigenvalue weighted by Crippen LogP contribution is 2.32. The second-order valence-corrected chi connectivity index (χ2v) is 12.8. The van der Waals surface area contributed by atoms with Gasteiger partial charge in [0.25, 0.3) is 10.0 Å². The molecule has 1 N–H and O–H groups in total. The molecule has 1 atom stereocenters. The fraction of sp³-hybridized carbons (Fsp3) is 0.333. The van der Waals surface area contributed by atoms with E-state index < -0.39 is 34.1 Å². The van der Waals surface area contributed by atoms with E-state index in [0.29, 0.717) is 5.75 Å². The smallest absolute Gasteiger partial charge is 0.264 e. The van der Waals surface area contributed by atoms with Crippen LogP contribution in [0.15, 0.2) is 77.7 Å². The molecule has 0 bridgehead atoms. The number of anilines is 1. The van der Waals surface area contributed by atoms with Gasteiger partial charge in [0.15, 0.2) is 0 Å². The molecule has 0 saturated carbocycles. The number of carbonyl (C=O) groups excluding carboxylic acids is 2. The highest BCUT2D eigenvalue weighted by molar-refractivity contribution is 7.92. The first kappa shape index (κ1) is 31.0. The van der Waals surface area contributed by atoms with Crippen LogP contribution in [0.25, 0.3) is 0 Å². The third-order valence-corrected chi connectivity index (χ3v) is 8.26. The van der Waals surface area contributed by atoms with E-state index >= 15 is 0 Å². The summed E-state index contributed by atoms with van der Waals surface area (Å²) in [7, 11) is -2.73. The molecule has 0 aliphatic carbocycles. The lowest BCUT2D eigenvalue weighted by molar-refractivity contribution is -0.140. The first-order chi connectivity index (χ1) is 18.7. The van der Waals surface area contributed by atoms with Gasteiger partial charge >= 0.3 is 0 Å². The number of aryl methyl sites for hydroxylation is 1. The van der Waals surface area contributed by atoms with E-state index in [1.165, 1.54) is 36.3 Å². The molecule has 0 aromatic heterocycles. The van der Waals surface area contributed by atoms with Crippen LogP contribution in [0.2, 0.25) is 5.02 Å². The van der Waals surface area contributed by atoms with E-state index in [-0.39, 0.29) is 28.1 Å². The van der Waals surface area contributed by atoms with E-state index in [2.05, 4.69) is 5.32 Å². The van der Waals surface area contributed by atoms with Crippen molar-refractivity contribution in [2.24, 2.45) is 0 Å². The molecule has 0 saturated heterocycles. The largest absolute Gasteiger partial charge is 0.495 e. The molecule has 0 spiro atoms. The summed E-state index contributed by atoms with van der Waals surface area (Å²) < 4.78 is 33.9. The van der Waals surface area contributed by atoms with E-state index in [1.807, 2.05) is 52.0 Å². The van der Waals surface area contributed by atoms with E-state index in [0.717, 1.165) is 15.4 Å². The predicted molar refractivity (Wildman–Crippen MR) is 158 cm³/mol. The minimum absolute atomic E-state index is 0.0124. The summed E-state index contributed by atoms with van der Waals surface area (Å²) in [6.45, 7) is 8.70. The third-order valence-electron chi connectivity index (χ3n) is 6.17. The second-order valence-electron chi connectivity index (χ2n) is 10.6. The van der Waals surface area contributed by atoms with Crippen LogP contribution in [0.3, 0.4) is 0 Å². The Morgan fingerprint density at radius 3 is 2.17 bits per heavy atom. The van der Waals surface area contributed by atoms with Crippen LogP contribution in [0, 0.1) is 6.92 Å². The molecule has 0 radical (unpaired) electrons. The number of amides is 2. The number of hydrogen-bond donors (Lipinski definition) is 1. The Kier molecular flexibility index (Phi) is 9.87. The molecule has 0 fully saturated rings. The molecule has 10 heteroatoms. The average Bonchev–Trinajstić information content (AvgIpc) is 2.90. The fourth-order valence-electron chi connectivity index (χ4n) is 4.01. The third kappa shape index (κ3) is 7.76.